The van der Waals surface area contributed by atoms with Crippen molar-refractivity contribution in [3.63, 3.8) is 0 Å². The Hall–Kier alpha value is -3.07. The first kappa shape index (κ1) is 17.7. The zero-order chi connectivity index (χ0) is 18.4. The maximum Gasteiger partial charge on any atom is 0.276 e. The molecule has 134 valence electrons. The van der Waals surface area contributed by atoms with Crippen LogP contribution in [0.25, 0.3) is 11.1 Å². The van der Waals surface area contributed by atoms with Crippen LogP contribution in [0.5, 0.6) is 5.75 Å². The highest BCUT2D eigenvalue weighted by Gasteiger charge is 2.10. The summed E-state index contributed by atoms with van der Waals surface area (Å²) in [5.41, 5.74) is 5.84. The van der Waals surface area contributed by atoms with Gasteiger partial charge in [-0.2, -0.15) is 0 Å². The van der Waals surface area contributed by atoms with Gasteiger partial charge < -0.3 is 9.15 Å². The van der Waals surface area contributed by atoms with Gasteiger partial charge in [0.1, 0.15) is 17.1 Å². The molecule has 0 atom stereocenters. The van der Waals surface area contributed by atoms with E-state index in [1.807, 2.05) is 18.2 Å². The second kappa shape index (κ2) is 8.34. The minimum absolute atomic E-state index is 0.0198. The molecule has 1 aromatic heterocycles. The number of halogens is 1. The van der Waals surface area contributed by atoms with Crippen LogP contribution in [0.4, 0.5) is 4.39 Å². The van der Waals surface area contributed by atoms with Crippen molar-refractivity contribution < 1.29 is 23.1 Å². The molecule has 0 radical (unpaired) electrons. The molecule has 1 heterocycles. The molecule has 0 fully saturated rings. The number of nitrogens with zero attached hydrogens (tertiary/aromatic N) is 1. The number of thioether (sulfide) groups is 1. The van der Waals surface area contributed by atoms with Gasteiger partial charge in [-0.3, -0.25) is 20.4 Å². The number of oxazole rings is 1. The Morgan fingerprint density at radius 1 is 1.08 bits per heavy atom. The number of rotatable bonds is 6. The van der Waals surface area contributed by atoms with Crippen LogP contribution in [0.15, 0.2) is 58.2 Å². The zero-order valence-corrected chi connectivity index (χ0v) is 14.2. The van der Waals surface area contributed by atoms with E-state index < -0.39 is 17.6 Å². The second-order valence-corrected chi connectivity index (χ2v) is 6.00. The highest BCUT2D eigenvalue weighted by Crippen LogP contribution is 2.22. The first-order chi connectivity index (χ1) is 12.6. The Morgan fingerprint density at radius 3 is 2.58 bits per heavy atom. The Balaban J connectivity index is 1.37. The van der Waals surface area contributed by atoms with Gasteiger partial charge >= 0.3 is 0 Å². The van der Waals surface area contributed by atoms with Crippen molar-refractivity contribution in [3.8, 4) is 5.75 Å². The second-order valence-electron chi connectivity index (χ2n) is 5.08. The molecule has 2 N–H and O–H groups in total. The summed E-state index contributed by atoms with van der Waals surface area (Å²) in [4.78, 5) is 27.6. The summed E-state index contributed by atoms with van der Waals surface area (Å²) < 4.78 is 23.4. The quantitative estimate of drug-likeness (QED) is 0.507. The van der Waals surface area contributed by atoms with E-state index in [4.69, 9.17) is 9.15 Å². The molecule has 2 amide bonds. The molecule has 26 heavy (non-hydrogen) atoms. The summed E-state index contributed by atoms with van der Waals surface area (Å²) in [6, 6.07) is 12.5. The lowest BCUT2D eigenvalue weighted by Crippen LogP contribution is -2.44. The van der Waals surface area contributed by atoms with E-state index in [0.29, 0.717) is 22.1 Å². The van der Waals surface area contributed by atoms with Crippen molar-refractivity contribution in [2.45, 2.75) is 5.22 Å². The third-order valence-corrected chi connectivity index (χ3v) is 3.95. The van der Waals surface area contributed by atoms with Crippen LogP contribution in [0.2, 0.25) is 0 Å². The number of para-hydroxylation sites is 2. The summed E-state index contributed by atoms with van der Waals surface area (Å²) in [6.45, 7) is -0.315. The van der Waals surface area contributed by atoms with E-state index in [2.05, 4.69) is 15.8 Å². The van der Waals surface area contributed by atoms with Gasteiger partial charge in [0.25, 0.3) is 11.1 Å². The average Bonchev–Trinajstić information content (AvgIpc) is 3.07. The number of hydrogen-bond acceptors (Lipinski definition) is 6. The van der Waals surface area contributed by atoms with E-state index in [1.165, 1.54) is 24.3 Å². The number of carbonyl (C=O) groups is 2. The number of hydrazine groups is 1. The molecule has 0 aliphatic rings. The minimum Gasteiger partial charge on any atom is -0.484 e. The highest BCUT2D eigenvalue weighted by molar-refractivity contribution is 7.99. The van der Waals surface area contributed by atoms with Crippen LogP contribution in [0, 0.1) is 5.82 Å². The Morgan fingerprint density at radius 2 is 1.81 bits per heavy atom. The number of amides is 2. The van der Waals surface area contributed by atoms with Gasteiger partial charge in [-0.1, -0.05) is 23.9 Å². The maximum atomic E-state index is 12.8. The highest BCUT2D eigenvalue weighted by atomic mass is 32.2. The molecule has 0 saturated heterocycles. The van der Waals surface area contributed by atoms with Gasteiger partial charge in [0, 0.05) is 0 Å². The molecule has 2 aromatic carbocycles. The predicted octanol–water partition coefficient (Wildman–Crippen LogP) is 2.29. The van der Waals surface area contributed by atoms with Crippen LogP contribution < -0.4 is 15.6 Å². The molecule has 0 unspecified atom stereocenters. The first-order valence-corrected chi connectivity index (χ1v) is 8.53. The Bertz CT molecular complexity index is 881. The van der Waals surface area contributed by atoms with Gasteiger partial charge in [0.15, 0.2) is 12.2 Å². The van der Waals surface area contributed by atoms with Gasteiger partial charge in [-0.25, -0.2) is 9.37 Å². The third kappa shape index (κ3) is 4.96. The Labute approximate surface area is 151 Å². The monoisotopic (exact) mass is 375 g/mol. The topological polar surface area (TPSA) is 93.5 Å². The van der Waals surface area contributed by atoms with Gasteiger partial charge in [0.05, 0.1) is 5.75 Å². The summed E-state index contributed by atoms with van der Waals surface area (Å²) in [6.07, 6.45) is 0. The van der Waals surface area contributed by atoms with E-state index in [1.54, 1.807) is 6.07 Å². The third-order valence-electron chi connectivity index (χ3n) is 3.13. The van der Waals surface area contributed by atoms with Crippen molar-refractivity contribution in [1.82, 2.24) is 15.8 Å². The number of carbonyl (C=O) groups excluding carboxylic acids is 2. The number of ether oxygens (including phenoxy) is 1. The summed E-state index contributed by atoms with van der Waals surface area (Å²) in [5.74, 6) is -1.00. The van der Waals surface area contributed by atoms with Crippen LogP contribution in [0.3, 0.4) is 0 Å². The van der Waals surface area contributed by atoms with Crippen molar-refractivity contribution in [2.75, 3.05) is 12.4 Å². The summed E-state index contributed by atoms with van der Waals surface area (Å²) in [7, 11) is 0. The van der Waals surface area contributed by atoms with Crippen LogP contribution in [-0.4, -0.2) is 29.2 Å². The molecule has 0 saturated carbocycles. The molecule has 7 nitrogen and oxygen atoms in total. The molecule has 9 heteroatoms. The Kier molecular flexibility index (Phi) is 5.69. The van der Waals surface area contributed by atoms with E-state index >= 15 is 0 Å². The molecule has 0 spiro atoms. The summed E-state index contributed by atoms with van der Waals surface area (Å²) >= 11 is 1.11. The largest absolute Gasteiger partial charge is 0.484 e. The number of hydrogen-bond donors (Lipinski definition) is 2. The molecular weight excluding hydrogens is 361 g/mol. The van der Waals surface area contributed by atoms with Crippen molar-refractivity contribution in [1.29, 1.82) is 0 Å². The van der Waals surface area contributed by atoms with Crippen molar-refractivity contribution >= 4 is 34.7 Å². The predicted molar refractivity (Wildman–Crippen MR) is 92.9 cm³/mol. The van der Waals surface area contributed by atoms with Crippen LogP contribution in [0.1, 0.15) is 0 Å². The van der Waals surface area contributed by atoms with Gasteiger partial charge in [-0.05, 0) is 36.4 Å². The minimum atomic E-state index is -0.547. The lowest BCUT2D eigenvalue weighted by atomic mass is 10.3. The summed E-state index contributed by atoms with van der Waals surface area (Å²) in [5, 5.41) is 0.368. The van der Waals surface area contributed by atoms with Crippen molar-refractivity contribution in [3.05, 3.63) is 54.3 Å². The molecule has 3 aromatic rings. The van der Waals surface area contributed by atoms with Crippen LogP contribution in [-0.2, 0) is 9.59 Å². The lowest BCUT2D eigenvalue weighted by Gasteiger charge is -2.08. The molecular formula is C17H14FN3O4S. The van der Waals surface area contributed by atoms with Crippen LogP contribution >= 0.6 is 11.8 Å². The average molecular weight is 375 g/mol. The molecule has 3 rings (SSSR count). The van der Waals surface area contributed by atoms with Crippen molar-refractivity contribution in [2.24, 2.45) is 0 Å². The molecule has 0 bridgehead atoms. The van der Waals surface area contributed by atoms with E-state index in [-0.39, 0.29) is 12.4 Å². The van der Waals surface area contributed by atoms with E-state index in [9.17, 15) is 14.0 Å². The number of nitrogens with one attached hydrogen (secondary N) is 2. The van der Waals surface area contributed by atoms with E-state index in [0.717, 1.165) is 11.8 Å². The normalized spacial score (nSPS) is 10.5. The fourth-order valence-electron chi connectivity index (χ4n) is 1.93. The molecule has 0 aliphatic carbocycles. The smallest absolute Gasteiger partial charge is 0.276 e. The maximum absolute atomic E-state index is 12.8. The number of benzene rings is 2. The number of aromatic nitrogens is 1. The standard InChI is InChI=1S/C17H14FN3O4S/c18-11-5-7-12(8-6-11)24-9-15(22)20-21-16(23)10-26-17-19-13-3-1-2-4-14(13)25-17/h1-8H,9-10H2,(H,20,22)(H,21,23). The molecule has 0 aliphatic heterocycles. The fourth-order valence-corrected chi connectivity index (χ4v) is 2.57. The SMILES string of the molecule is O=C(COc1ccc(F)cc1)NNC(=O)CSc1nc2ccccc2o1. The van der Waals surface area contributed by atoms with Gasteiger partial charge in [-0.15, -0.1) is 0 Å². The van der Waals surface area contributed by atoms with Gasteiger partial charge in [0.2, 0.25) is 5.91 Å². The number of fused-ring (bicyclic) bond motifs is 1. The zero-order valence-electron chi connectivity index (χ0n) is 13.4. The first-order valence-electron chi connectivity index (χ1n) is 7.54. The lowest BCUT2D eigenvalue weighted by molar-refractivity contribution is -0.128. The fraction of sp³-hybridized carbons (Fsp3) is 0.118.